The van der Waals surface area contributed by atoms with Crippen LogP contribution in [-0.4, -0.2) is 23.1 Å². The zero-order valence-corrected chi connectivity index (χ0v) is 11.5. The Morgan fingerprint density at radius 3 is 2.75 bits per heavy atom. The van der Waals surface area contributed by atoms with Crippen LogP contribution in [0.5, 0.6) is 5.75 Å². The molecule has 0 aromatic heterocycles. The molecule has 106 valence electrons. The molecule has 1 aromatic rings. The number of rotatable bonds is 4. The topological polar surface area (TPSA) is 93.5 Å². The van der Waals surface area contributed by atoms with Gasteiger partial charge in [0.25, 0.3) is 5.69 Å². The number of methoxy groups -OCH3 is 1. The summed E-state index contributed by atoms with van der Waals surface area (Å²) in [5.41, 5.74) is 0.0317. The third-order valence-electron chi connectivity index (χ3n) is 2.83. The van der Waals surface area contributed by atoms with E-state index in [1.165, 1.54) is 19.2 Å². The fraction of sp³-hybridized carbons (Fsp3) is 0.333. The maximum absolute atomic E-state index is 11.5. The van der Waals surface area contributed by atoms with Gasteiger partial charge in [0.05, 0.1) is 18.1 Å². The lowest BCUT2D eigenvalue weighted by atomic mass is 10.2. The van der Waals surface area contributed by atoms with Crippen LogP contribution < -0.4 is 15.4 Å². The summed E-state index contributed by atoms with van der Waals surface area (Å²) < 4.78 is 4.93. The van der Waals surface area contributed by atoms with E-state index in [1.54, 1.807) is 6.07 Å². The Morgan fingerprint density at radius 2 is 2.20 bits per heavy atom. The second kappa shape index (κ2) is 5.83. The Bertz CT molecular complexity index is 572. The van der Waals surface area contributed by atoms with Gasteiger partial charge < -0.3 is 15.4 Å². The van der Waals surface area contributed by atoms with Gasteiger partial charge in [-0.2, -0.15) is 0 Å². The van der Waals surface area contributed by atoms with Crippen LogP contribution in [0.15, 0.2) is 18.2 Å². The minimum atomic E-state index is -0.545. The number of benzene rings is 1. The summed E-state index contributed by atoms with van der Waals surface area (Å²) in [6.45, 7) is 0. The summed E-state index contributed by atoms with van der Waals surface area (Å²) in [5, 5.41) is 16.2. The third-order valence-corrected chi connectivity index (χ3v) is 3.04. The molecule has 0 radical (unpaired) electrons. The SMILES string of the molecule is COc1ccc(NC(=S)NC(=O)C2CC2)c([N+](=O)[O-])c1. The second-order valence-corrected chi connectivity index (χ2v) is 4.77. The molecule has 0 saturated heterocycles. The van der Waals surface area contributed by atoms with Crippen LogP contribution in [0.1, 0.15) is 12.8 Å². The lowest BCUT2D eigenvalue weighted by molar-refractivity contribution is -0.384. The molecular weight excluding hydrogens is 282 g/mol. The Morgan fingerprint density at radius 1 is 1.50 bits per heavy atom. The van der Waals surface area contributed by atoms with Crippen molar-refractivity contribution < 1.29 is 14.5 Å². The highest BCUT2D eigenvalue weighted by Gasteiger charge is 2.30. The Hall–Kier alpha value is -2.22. The normalized spacial score (nSPS) is 13.4. The van der Waals surface area contributed by atoms with Crippen LogP contribution in [0.2, 0.25) is 0 Å². The highest BCUT2D eigenvalue weighted by molar-refractivity contribution is 7.80. The lowest BCUT2D eigenvalue weighted by Crippen LogP contribution is -2.35. The van der Waals surface area contributed by atoms with Crippen molar-refractivity contribution in [3.05, 3.63) is 28.3 Å². The van der Waals surface area contributed by atoms with E-state index in [0.717, 1.165) is 12.8 Å². The Balaban J connectivity index is 2.09. The smallest absolute Gasteiger partial charge is 0.296 e. The molecule has 0 unspecified atom stereocenters. The molecule has 0 aliphatic heterocycles. The number of nitrogens with one attached hydrogen (secondary N) is 2. The molecule has 20 heavy (non-hydrogen) atoms. The first-order valence-corrected chi connectivity index (χ1v) is 6.36. The number of nitrogens with zero attached hydrogens (tertiary/aromatic N) is 1. The summed E-state index contributed by atoms with van der Waals surface area (Å²) >= 11 is 4.97. The molecule has 0 heterocycles. The summed E-state index contributed by atoms with van der Waals surface area (Å²) in [6, 6.07) is 4.33. The molecule has 1 amide bonds. The molecule has 1 aliphatic carbocycles. The molecule has 0 atom stereocenters. The number of hydrogen-bond donors (Lipinski definition) is 2. The quantitative estimate of drug-likeness (QED) is 0.500. The van der Waals surface area contributed by atoms with E-state index in [9.17, 15) is 14.9 Å². The molecule has 1 aromatic carbocycles. The molecule has 1 saturated carbocycles. The van der Waals surface area contributed by atoms with Gasteiger partial charge in [-0.15, -0.1) is 0 Å². The van der Waals surface area contributed by atoms with Crippen LogP contribution in [-0.2, 0) is 4.79 Å². The van der Waals surface area contributed by atoms with Crippen molar-refractivity contribution in [3.63, 3.8) is 0 Å². The molecule has 1 fully saturated rings. The number of ether oxygens (including phenoxy) is 1. The van der Waals surface area contributed by atoms with Gasteiger partial charge in [0.15, 0.2) is 5.11 Å². The molecule has 2 N–H and O–H groups in total. The molecule has 0 spiro atoms. The van der Waals surface area contributed by atoms with Gasteiger partial charge in [-0.25, -0.2) is 0 Å². The van der Waals surface area contributed by atoms with E-state index >= 15 is 0 Å². The lowest BCUT2D eigenvalue weighted by Gasteiger charge is -2.10. The first-order chi connectivity index (χ1) is 9.51. The van der Waals surface area contributed by atoms with Gasteiger partial charge in [0.1, 0.15) is 11.4 Å². The van der Waals surface area contributed by atoms with Crippen molar-refractivity contribution in [3.8, 4) is 5.75 Å². The molecule has 7 nitrogen and oxygen atoms in total. The van der Waals surface area contributed by atoms with Gasteiger partial charge in [0.2, 0.25) is 5.91 Å². The maximum Gasteiger partial charge on any atom is 0.296 e. The Kier molecular flexibility index (Phi) is 4.14. The van der Waals surface area contributed by atoms with Gasteiger partial charge in [-0.05, 0) is 37.2 Å². The van der Waals surface area contributed by atoms with Crippen molar-refractivity contribution in [2.24, 2.45) is 5.92 Å². The van der Waals surface area contributed by atoms with E-state index in [2.05, 4.69) is 10.6 Å². The van der Waals surface area contributed by atoms with Crippen LogP contribution in [0, 0.1) is 16.0 Å². The standard InChI is InChI=1S/C12H13N3O4S/c1-19-8-4-5-9(10(6-8)15(17)18)13-12(20)14-11(16)7-2-3-7/h4-7H,2-3H2,1H3,(H2,13,14,16,20). The van der Waals surface area contributed by atoms with Crippen LogP contribution in [0.25, 0.3) is 0 Å². The van der Waals surface area contributed by atoms with E-state index in [-0.39, 0.29) is 28.3 Å². The monoisotopic (exact) mass is 295 g/mol. The summed E-state index contributed by atoms with van der Waals surface area (Å²) in [5.74, 6) is 0.231. The van der Waals surface area contributed by atoms with Crippen molar-refractivity contribution in [2.45, 2.75) is 12.8 Å². The van der Waals surface area contributed by atoms with Crippen molar-refractivity contribution in [1.82, 2.24) is 5.32 Å². The molecule has 8 heteroatoms. The second-order valence-electron chi connectivity index (χ2n) is 4.36. The number of anilines is 1. The van der Waals surface area contributed by atoms with E-state index in [4.69, 9.17) is 17.0 Å². The van der Waals surface area contributed by atoms with Crippen LogP contribution in [0.3, 0.4) is 0 Å². The van der Waals surface area contributed by atoms with E-state index in [0.29, 0.717) is 5.75 Å². The number of nitro benzene ring substituents is 1. The predicted molar refractivity (Wildman–Crippen MR) is 76.7 cm³/mol. The van der Waals surface area contributed by atoms with Crippen molar-refractivity contribution in [2.75, 3.05) is 12.4 Å². The summed E-state index contributed by atoms with van der Waals surface area (Å²) in [7, 11) is 1.42. The highest BCUT2D eigenvalue weighted by atomic mass is 32.1. The maximum atomic E-state index is 11.5. The van der Waals surface area contributed by atoms with Crippen molar-refractivity contribution in [1.29, 1.82) is 0 Å². The predicted octanol–water partition coefficient (Wildman–Crippen LogP) is 1.83. The number of hydrogen-bond acceptors (Lipinski definition) is 5. The third kappa shape index (κ3) is 3.41. The number of nitro groups is 1. The van der Waals surface area contributed by atoms with E-state index in [1.807, 2.05) is 0 Å². The zero-order chi connectivity index (χ0) is 14.7. The fourth-order valence-corrected chi connectivity index (χ4v) is 1.82. The molecular formula is C12H13N3O4S. The van der Waals surface area contributed by atoms with E-state index < -0.39 is 4.92 Å². The van der Waals surface area contributed by atoms with Gasteiger partial charge >= 0.3 is 0 Å². The van der Waals surface area contributed by atoms with Gasteiger partial charge in [0, 0.05) is 5.92 Å². The van der Waals surface area contributed by atoms with Crippen LogP contribution in [0.4, 0.5) is 11.4 Å². The van der Waals surface area contributed by atoms with Gasteiger partial charge in [-0.3, -0.25) is 14.9 Å². The first kappa shape index (κ1) is 14.2. The first-order valence-electron chi connectivity index (χ1n) is 5.95. The largest absolute Gasteiger partial charge is 0.496 e. The summed E-state index contributed by atoms with van der Waals surface area (Å²) in [4.78, 5) is 22.0. The fourth-order valence-electron chi connectivity index (χ4n) is 1.61. The Labute approximate surface area is 120 Å². The average Bonchev–Trinajstić information content (AvgIpc) is 3.23. The zero-order valence-electron chi connectivity index (χ0n) is 10.7. The number of amides is 1. The minimum absolute atomic E-state index is 0.0144. The molecule has 1 aliphatic rings. The number of thiocarbonyl (C=S) groups is 1. The summed E-state index contributed by atoms with van der Waals surface area (Å²) in [6.07, 6.45) is 1.72. The van der Waals surface area contributed by atoms with Crippen LogP contribution >= 0.6 is 12.2 Å². The highest BCUT2D eigenvalue weighted by Crippen LogP contribution is 2.30. The van der Waals surface area contributed by atoms with Crippen molar-refractivity contribution >= 4 is 34.6 Å². The number of carbonyl (C=O) groups excluding carboxylic acids is 1. The minimum Gasteiger partial charge on any atom is -0.496 e. The average molecular weight is 295 g/mol. The van der Waals surface area contributed by atoms with Gasteiger partial charge in [-0.1, -0.05) is 0 Å². The molecule has 0 bridgehead atoms. The molecule has 2 rings (SSSR count). The number of carbonyl (C=O) groups is 1.